The van der Waals surface area contributed by atoms with Crippen LogP contribution >= 0.6 is 11.6 Å². The average Bonchev–Trinajstić information content (AvgIpc) is 2.74. The van der Waals surface area contributed by atoms with Crippen LogP contribution in [0.1, 0.15) is 5.56 Å². The van der Waals surface area contributed by atoms with E-state index in [0.29, 0.717) is 23.9 Å². The number of morpholine rings is 1. The number of nitrogens with one attached hydrogen (secondary N) is 1. The maximum atomic E-state index is 12.4. The molecule has 1 aliphatic heterocycles. The van der Waals surface area contributed by atoms with Gasteiger partial charge in [-0.2, -0.15) is 5.26 Å². The van der Waals surface area contributed by atoms with Gasteiger partial charge in [-0.05, 0) is 42.0 Å². The SMILES string of the molecule is N#C/C(=C\C(Cl)=C\c1ccccc1)C(=O)Nc1ccc(N2CCOCC2)cc1. The Bertz CT molecular complexity index is 909. The van der Waals surface area contributed by atoms with Crippen LogP contribution in [0.25, 0.3) is 6.08 Å². The molecule has 5 nitrogen and oxygen atoms in total. The molecular weight excluding hydrogens is 374 g/mol. The van der Waals surface area contributed by atoms with Crippen LogP contribution in [0.15, 0.2) is 71.3 Å². The monoisotopic (exact) mass is 393 g/mol. The molecule has 3 rings (SSSR count). The molecule has 2 aromatic rings. The predicted octanol–water partition coefficient (Wildman–Crippen LogP) is 4.19. The highest BCUT2D eigenvalue weighted by Gasteiger charge is 2.13. The number of rotatable bonds is 5. The van der Waals surface area contributed by atoms with E-state index in [1.165, 1.54) is 6.08 Å². The molecular formula is C22H20ClN3O2. The van der Waals surface area contributed by atoms with Crippen molar-refractivity contribution in [3.05, 3.63) is 76.8 Å². The van der Waals surface area contributed by atoms with Crippen molar-refractivity contribution in [3.63, 3.8) is 0 Å². The van der Waals surface area contributed by atoms with Crippen molar-refractivity contribution in [2.75, 3.05) is 36.5 Å². The molecule has 0 saturated carbocycles. The van der Waals surface area contributed by atoms with Gasteiger partial charge in [-0.1, -0.05) is 41.9 Å². The van der Waals surface area contributed by atoms with Crippen LogP contribution in [0.5, 0.6) is 0 Å². The van der Waals surface area contributed by atoms with Gasteiger partial charge in [0.1, 0.15) is 11.6 Å². The van der Waals surface area contributed by atoms with Gasteiger partial charge in [-0.3, -0.25) is 4.79 Å². The Morgan fingerprint density at radius 1 is 1.11 bits per heavy atom. The first-order valence-electron chi connectivity index (χ1n) is 8.94. The Balaban J connectivity index is 1.66. The fourth-order valence-corrected chi connectivity index (χ4v) is 3.05. The quantitative estimate of drug-likeness (QED) is 0.470. The lowest BCUT2D eigenvalue weighted by Gasteiger charge is -2.28. The first-order chi connectivity index (χ1) is 13.7. The number of carbonyl (C=O) groups excluding carboxylic acids is 1. The van der Waals surface area contributed by atoms with Gasteiger partial charge in [0.15, 0.2) is 0 Å². The van der Waals surface area contributed by atoms with Crippen LogP contribution in [0, 0.1) is 11.3 Å². The van der Waals surface area contributed by atoms with E-state index in [0.717, 1.165) is 24.3 Å². The number of benzene rings is 2. The third kappa shape index (κ3) is 5.46. The summed E-state index contributed by atoms with van der Waals surface area (Å²) in [6.07, 6.45) is 3.06. The second-order valence-electron chi connectivity index (χ2n) is 6.21. The van der Waals surface area contributed by atoms with Crippen LogP contribution in [-0.2, 0) is 9.53 Å². The van der Waals surface area contributed by atoms with E-state index < -0.39 is 5.91 Å². The van der Waals surface area contributed by atoms with E-state index in [-0.39, 0.29) is 5.57 Å². The highest BCUT2D eigenvalue weighted by atomic mass is 35.5. The van der Waals surface area contributed by atoms with Crippen molar-refractivity contribution in [3.8, 4) is 6.07 Å². The molecule has 1 heterocycles. The first kappa shape index (κ1) is 19.7. The molecule has 0 bridgehead atoms. The number of amides is 1. The molecule has 1 amide bonds. The maximum Gasteiger partial charge on any atom is 0.266 e. The summed E-state index contributed by atoms with van der Waals surface area (Å²) in [5.74, 6) is -0.499. The van der Waals surface area contributed by atoms with Crippen LogP contribution in [0.4, 0.5) is 11.4 Å². The molecule has 0 aromatic heterocycles. The molecule has 2 aromatic carbocycles. The molecule has 0 radical (unpaired) electrons. The fraction of sp³-hybridized carbons (Fsp3) is 0.182. The lowest BCUT2D eigenvalue weighted by atomic mass is 10.2. The largest absolute Gasteiger partial charge is 0.378 e. The number of anilines is 2. The van der Waals surface area contributed by atoms with Crippen LogP contribution in [0.2, 0.25) is 0 Å². The van der Waals surface area contributed by atoms with E-state index in [9.17, 15) is 10.1 Å². The Hall–Kier alpha value is -3.07. The van der Waals surface area contributed by atoms with Gasteiger partial charge in [0.05, 0.1) is 13.2 Å². The zero-order valence-corrected chi connectivity index (χ0v) is 16.0. The summed E-state index contributed by atoms with van der Waals surface area (Å²) in [5, 5.41) is 12.4. The fourth-order valence-electron chi connectivity index (χ4n) is 2.81. The van der Waals surface area contributed by atoms with E-state index in [1.54, 1.807) is 6.08 Å². The summed E-state index contributed by atoms with van der Waals surface area (Å²) in [6, 6.07) is 18.9. The number of halogens is 1. The van der Waals surface area contributed by atoms with Crippen molar-refractivity contribution in [2.45, 2.75) is 0 Å². The normalized spacial score (nSPS) is 15.1. The van der Waals surface area contributed by atoms with E-state index >= 15 is 0 Å². The third-order valence-electron chi connectivity index (χ3n) is 4.25. The van der Waals surface area contributed by atoms with Gasteiger partial charge in [0.2, 0.25) is 0 Å². The van der Waals surface area contributed by atoms with Gasteiger partial charge >= 0.3 is 0 Å². The zero-order valence-electron chi connectivity index (χ0n) is 15.3. The first-order valence-corrected chi connectivity index (χ1v) is 9.31. The number of carbonyl (C=O) groups is 1. The Labute approximate surface area is 169 Å². The summed E-state index contributed by atoms with van der Waals surface area (Å²) >= 11 is 6.18. The van der Waals surface area contributed by atoms with Crippen molar-refractivity contribution in [1.29, 1.82) is 5.26 Å². The topological polar surface area (TPSA) is 65.4 Å². The standard InChI is InChI=1S/C22H20ClN3O2/c23-19(14-17-4-2-1-3-5-17)15-18(16-24)22(27)25-20-6-8-21(9-7-20)26-10-12-28-13-11-26/h1-9,14-15H,10-13H2,(H,25,27)/b18-15+,19-14-. The molecule has 0 aliphatic carbocycles. The van der Waals surface area contributed by atoms with Crippen molar-refractivity contribution < 1.29 is 9.53 Å². The van der Waals surface area contributed by atoms with Gasteiger partial charge < -0.3 is 15.0 Å². The zero-order chi connectivity index (χ0) is 19.8. The highest BCUT2D eigenvalue weighted by molar-refractivity contribution is 6.33. The number of nitrogens with zero attached hydrogens (tertiary/aromatic N) is 2. The molecule has 1 saturated heterocycles. The highest BCUT2D eigenvalue weighted by Crippen LogP contribution is 2.20. The molecule has 0 unspecified atom stereocenters. The van der Waals surface area contributed by atoms with E-state index in [1.807, 2.05) is 60.7 Å². The number of hydrogen-bond acceptors (Lipinski definition) is 4. The smallest absolute Gasteiger partial charge is 0.266 e. The molecule has 142 valence electrons. The molecule has 6 heteroatoms. The number of ether oxygens (including phenoxy) is 1. The minimum atomic E-state index is -0.499. The second kappa shape index (κ2) is 9.75. The average molecular weight is 394 g/mol. The molecule has 0 atom stereocenters. The second-order valence-corrected chi connectivity index (χ2v) is 6.65. The molecule has 1 fully saturated rings. The van der Waals surface area contributed by atoms with Gasteiger partial charge in [0, 0.05) is 29.5 Å². The van der Waals surface area contributed by atoms with Crippen LogP contribution in [-0.4, -0.2) is 32.2 Å². The minimum absolute atomic E-state index is 0.0607. The summed E-state index contributed by atoms with van der Waals surface area (Å²) in [6.45, 7) is 3.12. The van der Waals surface area contributed by atoms with Crippen molar-refractivity contribution in [1.82, 2.24) is 0 Å². The lowest BCUT2D eigenvalue weighted by Crippen LogP contribution is -2.36. The number of allylic oxidation sites excluding steroid dienone is 2. The molecule has 1 N–H and O–H groups in total. The number of hydrogen-bond donors (Lipinski definition) is 1. The Morgan fingerprint density at radius 2 is 1.79 bits per heavy atom. The summed E-state index contributed by atoms with van der Waals surface area (Å²) in [5.41, 5.74) is 2.52. The Kier molecular flexibility index (Phi) is 6.85. The van der Waals surface area contributed by atoms with Crippen LogP contribution < -0.4 is 10.2 Å². The maximum absolute atomic E-state index is 12.4. The van der Waals surface area contributed by atoms with Crippen LogP contribution in [0.3, 0.4) is 0 Å². The lowest BCUT2D eigenvalue weighted by molar-refractivity contribution is -0.112. The summed E-state index contributed by atoms with van der Waals surface area (Å²) in [7, 11) is 0. The molecule has 0 spiro atoms. The van der Waals surface area contributed by atoms with Gasteiger partial charge in [-0.15, -0.1) is 0 Å². The number of nitriles is 1. The molecule has 1 aliphatic rings. The van der Waals surface area contributed by atoms with Gasteiger partial charge in [0.25, 0.3) is 5.91 Å². The summed E-state index contributed by atoms with van der Waals surface area (Å²) in [4.78, 5) is 14.6. The van der Waals surface area contributed by atoms with E-state index in [4.69, 9.17) is 16.3 Å². The van der Waals surface area contributed by atoms with Crippen molar-refractivity contribution >= 4 is 35.0 Å². The van der Waals surface area contributed by atoms with Gasteiger partial charge in [-0.25, -0.2) is 0 Å². The predicted molar refractivity (Wildman–Crippen MR) is 112 cm³/mol. The van der Waals surface area contributed by atoms with E-state index in [2.05, 4.69) is 10.2 Å². The minimum Gasteiger partial charge on any atom is -0.378 e. The Morgan fingerprint density at radius 3 is 2.43 bits per heavy atom. The molecule has 28 heavy (non-hydrogen) atoms. The van der Waals surface area contributed by atoms with Crippen molar-refractivity contribution in [2.24, 2.45) is 0 Å². The summed E-state index contributed by atoms with van der Waals surface area (Å²) < 4.78 is 5.35. The third-order valence-corrected chi connectivity index (χ3v) is 4.47.